The minimum Gasteiger partial charge on any atom is -0.467 e. The van der Waals surface area contributed by atoms with Gasteiger partial charge in [-0.1, -0.05) is 13.8 Å². The first-order valence-corrected chi connectivity index (χ1v) is 5.67. The molecule has 1 aromatic heterocycles. The number of nitrogens with one attached hydrogen (secondary N) is 1. The number of hydrogen-bond acceptors (Lipinski definition) is 4. The third-order valence-corrected chi connectivity index (χ3v) is 2.07. The van der Waals surface area contributed by atoms with E-state index in [0.717, 1.165) is 12.3 Å². The number of hydrogen-bond donors (Lipinski definition) is 2. The van der Waals surface area contributed by atoms with Crippen molar-refractivity contribution in [3.63, 3.8) is 0 Å². The van der Waals surface area contributed by atoms with Crippen molar-refractivity contribution >= 4 is 0 Å². The van der Waals surface area contributed by atoms with Crippen LogP contribution >= 0.6 is 0 Å². The van der Waals surface area contributed by atoms with E-state index >= 15 is 0 Å². The molecule has 0 bridgehead atoms. The fourth-order valence-electron chi connectivity index (χ4n) is 1.29. The topological polar surface area (TPSA) is 54.6 Å². The molecule has 0 aliphatic heterocycles. The second-order valence-corrected chi connectivity index (χ2v) is 4.30. The van der Waals surface area contributed by atoms with E-state index < -0.39 is 6.10 Å². The Morgan fingerprint density at radius 3 is 2.88 bits per heavy atom. The summed E-state index contributed by atoms with van der Waals surface area (Å²) in [6, 6.07) is 3.67. The summed E-state index contributed by atoms with van der Waals surface area (Å²) in [5.41, 5.74) is 0. The van der Waals surface area contributed by atoms with Crippen LogP contribution < -0.4 is 5.32 Å². The Kier molecular flexibility index (Phi) is 6.15. The minimum absolute atomic E-state index is 0.325. The summed E-state index contributed by atoms with van der Waals surface area (Å²) in [5.74, 6) is 1.37. The Morgan fingerprint density at radius 2 is 2.25 bits per heavy atom. The molecular formula is C12H21NO3. The molecule has 0 radical (unpaired) electrons. The van der Waals surface area contributed by atoms with Crippen LogP contribution in [0.1, 0.15) is 19.6 Å². The van der Waals surface area contributed by atoms with Crippen molar-refractivity contribution in [3.05, 3.63) is 24.2 Å². The Labute approximate surface area is 96.6 Å². The molecule has 4 nitrogen and oxygen atoms in total. The van der Waals surface area contributed by atoms with Gasteiger partial charge < -0.3 is 19.6 Å². The van der Waals surface area contributed by atoms with Crippen LogP contribution in [-0.4, -0.2) is 30.9 Å². The van der Waals surface area contributed by atoms with Gasteiger partial charge in [0.1, 0.15) is 12.4 Å². The summed E-state index contributed by atoms with van der Waals surface area (Å²) < 4.78 is 10.4. The van der Waals surface area contributed by atoms with E-state index in [1.807, 2.05) is 12.1 Å². The zero-order chi connectivity index (χ0) is 11.8. The third-order valence-electron chi connectivity index (χ3n) is 2.07. The molecule has 0 saturated heterocycles. The van der Waals surface area contributed by atoms with Crippen LogP contribution in [0.5, 0.6) is 0 Å². The Bertz CT molecular complexity index is 259. The van der Waals surface area contributed by atoms with Crippen LogP contribution in [-0.2, 0) is 11.3 Å². The smallest absolute Gasteiger partial charge is 0.129 e. The molecule has 0 aliphatic rings. The highest BCUT2D eigenvalue weighted by molar-refractivity contribution is 4.96. The molecule has 0 saturated carbocycles. The lowest BCUT2D eigenvalue weighted by molar-refractivity contribution is 0.0225. The Hall–Kier alpha value is -0.840. The van der Waals surface area contributed by atoms with Crippen LogP contribution in [0.2, 0.25) is 0 Å². The summed E-state index contributed by atoms with van der Waals surface area (Å²) in [6.07, 6.45) is 1.15. The fraction of sp³-hybridized carbons (Fsp3) is 0.667. The predicted octanol–water partition coefficient (Wildman–Crippen LogP) is 1.40. The molecule has 0 amide bonds. The highest BCUT2D eigenvalue weighted by Gasteiger charge is 2.05. The largest absolute Gasteiger partial charge is 0.467 e. The van der Waals surface area contributed by atoms with Crippen molar-refractivity contribution in [2.75, 3.05) is 19.7 Å². The summed E-state index contributed by atoms with van der Waals surface area (Å²) in [5, 5.41) is 12.7. The van der Waals surface area contributed by atoms with Crippen LogP contribution in [0.15, 0.2) is 22.8 Å². The predicted molar refractivity (Wildman–Crippen MR) is 62.1 cm³/mol. The molecule has 16 heavy (non-hydrogen) atoms. The third kappa shape index (κ3) is 5.90. The molecule has 1 heterocycles. The first kappa shape index (κ1) is 13.2. The standard InChI is InChI=1S/C12H21NO3/c1-10(2)6-13-7-11(14)8-15-9-12-4-3-5-16-12/h3-5,10-11,13-14H,6-9H2,1-2H3/t11-/m1/s1. The molecule has 1 rings (SSSR count). The second-order valence-electron chi connectivity index (χ2n) is 4.30. The maximum atomic E-state index is 9.57. The molecule has 0 unspecified atom stereocenters. The summed E-state index contributed by atoms with van der Waals surface area (Å²) in [6.45, 7) is 6.48. The fourth-order valence-corrected chi connectivity index (χ4v) is 1.29. The van der Waals surface area contributed by atoms with Crippen molar-refractivity contribution in [2.24, 2.45) is 5.92 Å². The quantitative estimate of drug-likeness (QED) is 0.705. The zero-order valence-electron chi connectivity index (χ0n) is 9.98. The molecule has 0 aliphatic carbocycles. The van der Waals surface area contributed by atoms with Gasteiger partial charge in [0.2, 0.25) is 0 Å². The lowest BCUT2D eigenvalue weighted by Crippen LogP contribution is -2.32. The van der Waals surface area contributed by atoms with E-state index in [2.05, 4.69) is 19.2 Å². The average Bonchev–Trinajstić information content (AvgIpc) is 2.70. The Morgan fingerprint density at radius 1 is 1.44 bits per heavy atom. The Balaban J connectivity index is 2.00. The highest BCUT2D eigenvalue weighted by Crippen LogP contribution is 2.01. The van der Waals surface area contributed by atoms with E-state index in [1.54, 1.807) is 6.26 Å². The SMILES string of the molecule is CC(C)CNC[C@@H](O)COCc1ccco1. The normalized spacial score (nSPS) is 13.2. The van der Waals surface area contributed by atoms with Gasteiger partial charge in [-0.2, -0.15) is 0 Å². The molecule has 1 aromatic rings. The molecule has 1 atom stereocenters. The van der Waals surface area contributed by atoms with Gasteiger partial charge in [0, 0.05) is 6.54 Å². The van der Waals surface area contributed by atoms with E-state index in [9.17, 15) is 5.11 Å². The number of rotatable bonds is 8. The first-order valence-electron chi connectivity index (χ1n) is 5.67. The monoisotopic (exact) mass is 227 g/mol. The maximum Gasteiger partial charge on any atom is 0.129 e. The maximum absolute atomic E-state index is 9.57. The number of aliphatic hydroxyl groups excluding tert-OH is 1. The number of ether oxygens (including phenoxy) is 1. The number of furan rings is 1. The van der Waals surface area contributed by atoms with E-state index in [4.69, 9.17) is 9.15 Å². The van der Waals surface area contributed by atoms with E-state index in [0.29, 0.717) is 25.7 Å². The van der Waals surface area contributed by atoms with Gasteiger partial charge in [0.15, 0.2) is 0 Å². The zero-order valence-corrected chi connectivity index (χ0v) is 9.98. The highest BCUT2D eigenvalue weighted by atomic mass is 16.5. The van der Waals surface area contributed by atoms with Gasteiger partial charge in [-0.3, -0.25) is 0 Å². The van der Waals surface area contributed by atoms with Gasteiger partial charge in [-0.15, -0.1) is 0 Å². The molecular weight excluding hydrogens is 206 g/mol. The van der Waals surface area contributed by atoms with Crippen molar-refractivity contribution in [2.45, 2.75) is 26.6 Å². The second kappa shape index (κ2) is 7.44. The lowest BCUT2D eigenvalue weighted by Gasteiger charge is -2.13. The summed E-state index contributed by atoms with van der Waals surface area (Å²) in [4.78, 5) is 0. The summed E-state index contributed by atoms with van der Waals surface area (Å²) >= 11 is 0. The van der Waals surface area contributed by atoms with E-state index in [1.165, 1.54) is 0 Å². The van der Waals surface area contributed by atoms with Crippen LogP contribution in [0, 0.1) is 5.92 Å². The number of aliphatic hydroxyl groups is 1. The molecule has 92 valence electrons. The summed E-state index contributed by atoms with van der Waals surface area (Å²) in [7, 11) is 0. The average molecular weight is 227 g/mol. The molecule has 4 heteroatoms. The molecule has 0 aromatic carbocycles. The molecule has 0 spiro atoms. The van der Waals surface area contributed by atoms with Crippen molar-refractivity contribution in [3.8, 4) is 0 Å². The van der Waals surface area contributed by atoms with Crippen molar-refractivity contribution in [1.29, 1.82) is 0 Å². The van der Waals surface area contributed by atoms with E-state index in [-0.39, 0.29) is 0 Å². The first-order chi connectivity index (χ1) is 7.68. The van der Waals surface area contributed by atoms with Gasteiger partial charge in [-0.05, 0) is 24.6 Å². The molecule has 2 N–H and O–H groups in total. The van der Waals surface area contributed by atoms with Gasteiger partial charge >= 0.3 is 0 Å². The molecule has 0 fully saturated rings. The van der Waals surface area contributed by atoms with Gasteiger partial charge in [-0.25, -0.2) is 0 Å². The van der Waals surface area contributed by atoms with Crippen molar-refractivity contribution < 1.29 is 14.3 Å². The van der Waals surface area contributed by atoms with Gasteiger partial charge in [0.25, 0.3) is 0 Å². The lowest BCUT2D eigenvalue weighted by atomic mass is 10.2. The van der Waals surface area contributed by atoms with Crippen LogP contribution in [0.4, 0.5) is 0 Å². The van der Waals surface area contributed by atoms with Crippen molar-refractivity contribution in [1.82, 2.24) is 5.32 Å². The van der Waals surface area contributed by atoms with Gasteiger partial charge in [0.05, 0.1) is 19.0 Å². The minimum atomic E-state index is -0.464. The van der Waals surface area contributed by atoms with Crippen LogP contribution in [0.25, 0.3) is 0 Å². The van der Waals surface area contributed by atoms with Crippen LogP contribution in [0.3, 0.4) is 0 Å².